The number of anilines is 1. The van der Waals surface area contributed by atoms with Crippen LogP contribution < -0.4 is 5.73 Å². The zero-order valence-electron chi connectivity index (χ0n) is 12.5. The summed E-state index contributed by atoms with van der Waals surface area (Å²) >= 11 is 1.54. The molecule has 1 aliphatic heterocycles. The molecule has 0 aliphatic carbocycles. The summed E-state index contributed by atoms with van der Waals surface area (Å²) in [6.45, 7) is 6.07. The lowest BCUT2D eigenvalue weighted by atomic mass is 10.2. The predicted molar refractivity (Wildman–Crippen MR) is 85.1 cm³/mol. The van der Waals surface area contributed by atoms with Gasteiger partial charge in [0.05, 0.1) is 5.75 Å². The van der Waals surface area contributed by atoms with Gasteiger partial charge in [-0.1, -0.05) is 0 Å². The third kappa shape index (κ3) is 4.14. The van der Waals surface area contributed by atoms with E-state index in [0.717, 1.165) is 16.1 Å². The number of thioether (sulfide) groups is 1. The molecule has 0 saturated carbocycles. The van der Waals surface area contributed by atoms with Gasteiger partial charge in [-0.2, -0.15) is 0 Å². The molecule has 2 rings (SSSR count). The van der Waals surface area contributed by atoms with Crippen LogP contribution in [0.2, 0.25) is 0 Å². The lowest BCUT2D eigenvalue weighted by Gasteiger charge is -2.34. The Morgan fingerprint density at radius 2 is 1.81 bits per heavy atom. The van der Waals surface area contributed by atoms with Crippen LogP contribution in [-0.2, 0) is 9.59 Å². The maximum Gasteiger partial charge on any atom is 0.233 e. The van der Waals surface area contributed by atoms with Crippen LogP contribution in [0.25, 0.3) is 0 Å². The number of nitrogens with two attached hydrogens (primary N) is 1. The normalized spacial score (nSPS) is 15.1. The molecule has 1 saturated heterocycles. The third-order valence-electron chi connectivity index (χ3n) is 3.63. The molecular weight excluding hydrogens is 286 g/mol. The van der Waals surface area contributed by atoms with E-state index >= 15 is 0 Å². The summed E-state index contributed by atoms with van der Waals surface area (Å²) in [5, 5.41) is 0. The largest absolute Gasteiger partial charge is 0.399 e. The van der Waals surface area contributed by atoms with E-state index in [1.165, 1.54) is 11.8 Å². The second-order valence-corrected chi connectivity index (χ2v) is 6.22. The summed E-state index contributed by atoms with van der Waals surface area (Å²) in [6.07, 6.45) is 0. The van der Waals surface area contributed by atoms with Crippen molar-refractivity contribution in [3.05, 3.63) is 23.8 Å². The van der Waals surface area contributed by atoms with Gasteiger partial charge in [-0.25, -0.2) is 0 Å². The molecule has 5 nitrogen and oxygen atoms in total. The van der Waals surface area contributed by atoms with Crippen molar-refractivity contribution in [2.75, 3.05) is 37.7 Å². The first kappa shape index (κ1) is 15.7. The monoisotopic (exact) mass is 307 g/mol. The molecule has 0 unspecified atom stereocenters. The number of hydrogen-bond acceptors (Lipinski definition) is 4. The SMILES string of the molecule is CC(=O)N1CCN(C(=O)CSc2ccc(N)cc2C)CC1. The first-order valence-corrected chi connectivity index (χ1v) is 7.98. The fourth-order valence-corrected chi connectivity index (χ4v) is 3.25. The number of carbonyl (C=O) groups excluding carboxylic acids is 2. The highest BCUT2D eigenvalue weighted by Crippen LogP contribution is 2.24. The quantitative estimate of drug-likeness (QED) is 0.676. The Hall–Kier alpha value is -1.69. The average molecular weight is 307 g/mol. The van der Waals surface area contributed by atoms with Crippen LogP contribution in [0.5, 0.6) is 0 Å². The standard InChI is InChI=1S/C15H21N3O2S/c1-11-9-13(16)3-4-14(11)21-10-15(20)18-7-5-17(6-8-18)12(2)19/h3-4,9H,5-8,10,16H2,1-2H3. The molecule has 2 amide bonds. The Morgan fingerprint density at radius 1 is 1.19 bits per heavy atom. The number of rotatable bonds is 3. The number of aryl methyl sites for hydroxylation is 1. The zero-order chi connectivity index (χ0) is 15.4. The number of carbonyl (C=O) groups is 2. The summed E-state index contributed by atoms with van der Waals surface area (Å²) in [6, 6.07) is 5.72. The van der Waals surface area contributed by atoms with Crippen molar-refractivity contribution < 1.29 is 9.59 Å². The summed E-state index contributed by atoms with van der Waals surface area (Å²) in [4.78, 5) is 28.2. The van der Waals surface area contributed by atoms with E-state index in [-0.39, 0.29) is 11.8 Å². The van der Waals surface area contributed by atoms with Crippen molar-refractivity contribution in [2.45, 2.75) is 18.7 Å². The van der Waals surface area contributed by atoms with E-state index < -0.39 is 0 Å². The van der Waals surface area contributed by atoms with Gasteiger partial charge in [0.25, 0.3) is 0 Å². The molecule has 6 heteroatoms. The van der Waals surface area contributed by atoms with Crippen molar-refractivity contribution in [3.63, 3.8) is 0 Å². The number of piperazine rings is 1. The Morgan fingerprint density at radius 3 is 2.38 bits per heavy atom. The lowest BCUT2D eigenvalue weighted by molar-refractivity contribution is -0.136. The van der Waals surface area contributed by atoms with Crippen LogP contribution >= 0.6 is 11.8 Å². The molecule has 1 aromatic rings. The molecule has 21 heavy (non-hydrogen) atoms. The molecule has 1 fully saturated rings. The van der Waals surface area contributed by atoms with E-state index in [1.54, 1.807) is 11.8 Å². The van der Waals surface area contributed by atoms with Gasteiger partial charge in [0, 0.05) is 43.7 Å². The van der Waals surface area contributed by atoms with E-state index in [2.05, 4.69) is 0 Å². The van der Waals surface area contributed by atoms with Gasteiger partial charge >= 0.3 is 0 Å². The minimum absolute atomic E-state index is 0.0778. The number of nitrogens with zero attached hydrogens (tertiary/aromatic N) is 2. The number of hydrogen-bond donors (Lipinski definition) is 1. The molecule has 1 aromatic carbocycles. The number of benzene rings is 1. The molecule has 1 aliphatic rings. The summed E-state index contributed by atoms with van der Waals surface area (Å²) in [5.74, 6) is 0.624. The average Bonchev–Trinajstić information content (AvgIpc) is 2.46. The highest BCUT2D eigenvalue weighted by atomic mass is 32.2. The smallest absolute Gasteiger partial charge is 0.233 e. The van der Waals surface area contributed by atoms with Crippen molar-refractivity contribution in [2.24, 2.45) is 0 Å². The minimum Gasteiger partial charge on any atom is -0.399 e. The topological polar surface area (TPSA) is 66.6 Å². The van der Waals surface area contributed by atoms with Crippen molar-refractivity contribution >= 4 is 29.3 Å². The van der Waals surface area contributed by atoms with Crippen molar-refractivity contribution in [3.8, 4) is 0 Å². The van der Waals surface area contributed by atoms with Crippen LogP contribution in [-0.4, -0.2) is 53.5 Å². The molecule has 0 aromatic heterocycles. The van der Waals surface area contributed by atoms with E-state index in [0.29, 0.717) is 31.9 Å². The van der Waals surface area contributed by atoms with Gasteiger partial charge in [0.1, 0.15) is 0 Å². The summed E-state index contributed by atoms with van der Waals surface area (Å²) < 4.78 is 0. The van der Waals surface area contributed by atoms with Gasteiger partial charge in [0.2, 0.25) is 11.8 Å². The minimum atomic E-state index is 0.0778. The Bertz CT molecular complexity index is 540. The van der Waals surface area contributed by atoms with Crippen molar-refractivity contribution in [1.29, 1.82) is 0 Å². The Balaban J connectivity index is 1.84. The maximum atomic E-state index is 12.2. The van der Waals surface area contributed by atoms with Gasteiger partial charge in [-0.15, -0.1) is 11.8 Å². The fourth-order valence-electron chi connectivity index (χ4n) is 2.34. The highest BCUT2D eigenvalue weighted by Gasteiger charge is 2.22. The predicted octanol–water partition coefficient (Wildman–Crippen LogP) is 1.36. The molecule has 0 bridgehead atoms. The Labute approximate surface area is 129 Å². The molecule has 1 heterocycles. The summed E-state index contributed by atoms with van der Waals surface area (Å²) in [7, 11) is 0. The molecule has 0 atom stereocenters. The van der Waals surface area contributed by atoms with Crippen LogP contribution in [0.4, 0.5) is 5.69 Å². The first-order chi connectivity index (χ1) is 9.97. The molecule has 114 valence electrons. The van der Waals surface area contributed by atoms with Crippen LogP contribution in [0.1, 0.15) is 12.5 Å². The molecule has 0 spiro atoms. The number of nitrogen functional groups attached to an aromatic ring is 1. The third-order valence-corrected chi connectivity index (χ3v) is 4.79. The molecular formula is C15H21N3O2S. The summed E-state index contributed by atoms with van der Waals surface area (Å²) in [5.41, 5.74) is 7.55. The van der Waals surface area contributed by atoms with Gasteiger partial charge in [-0.05, 0) is 30.7 Å². The molecule has 2 N–H and O–H groups in total. The molecule has 0 radical (unpaired) electrons. The van der Waals surface area contributed by atoms with Gasteiger partial charge < -0.3 is 15.5 Å². The highest BCUT2D eigenvalue weighted by molar-refractivity contribution is 8.00. The van der Waals surface area contributed by atoms with E-state index in [4.69, 9.17) is 5.73 Å². The van der Waals surface area contributed by atoms with E-state index in [1.807, 2.05) is 30.0 Å². The van der Waals surface area contributed by atoms with Gasteiger partial charge in [-0.3, -0.25) is 9.59 Å². The Kier molecular flexibility index (Phi) is 5.12. The van der Waals surface area contributed by atoms with Gasteiger partial charge in [0.15, 0.2) is 0 Å². The van der Waals surface area contributed by atoms with Crippen molar-refractivity contribution in [1.82, 2.24) is 9.80 Å². The fraction of sp³-hybridized carbons (Fsp3) is 0.467. The first-order valence-electron chi connectivity index (χ1n) is 6.99. The second kappa shape index (κ2) is 6.85. The van der Waals surface area contributed by atoms with Crippen LogP contribution in [0.15, 0.2) is 23.1 Å². The second-order valence-electron chi connectivity index (χ2n) is 5.20. The van der Waals surface area contributed by atoms with Crippen LogP contribution in [0.3, 0.4) is 0 Å². The van der Waals surface area contributed by atoms with Crippen LogP contribution in [0, 0.1) is 6.92 Å². The zero-order valence-corrected chi connectivity index (χ0v) is 13.3. The number of amides is 2. The van der Waals surface area contributed by atoms with E-state index in [9.17, 15) is 9.59 Å². The lowest BCUT2D eigenvalue weighted by Crippen LogP contribution is -2.50. The maximum absolute atomic E-state index is 12.2.